The van der Waals surface area contributed by atoms with E-state index in [1.165, 1.54) is 45.0 Å². The van der Waals surface area contributed by atoms with Gasteiger partial charge in [-0.2, -0.15) is 4.31 Å². The summed E-state index contributed by atoms with van der Waals surface area (Å²) in [5.41, 5.74) is -1.32. The van der Waals surface area contributed by atoms with Crippen molar-refractivity contribution in [1.29, 1.82) is 0 Å². The molecular weight excluding hydrogens is 294 g/mol. The standard InChI is InChI=1S/C14H19NO5S/c1-5-15(14(3,4)13(17)18)21(19,20)12-8-6-7-11(9-12)10(2)16/h6-9H,5H2,1-4H3,(H,17,18). The second kappa shape index (κ2) is 5.95. The van der Waals surface area contributed by atoms with Crippen molar-refractivity contribution in [2.45, 2.75) is 38.1 Å². The molecule has 0 atom stereocenters. The Morgan fingerprint density at radius 3 is 2.29 bits per heavy atom. The molecule has 6 nitrogen and oxygen atoms in total. The predicted octanol–water partition coefficient (Wildman–Crippen LogP) is 1.76. The monoisotopic (exact) mass is 313 g/mol. The van der Waals surface area contributed by atoms with E-state index in [-0.39, 0.29) is 22.8 Å². The Morgan fingerprint density at radius 2 is 1.86 bits per heavy atom. The van der Waals surface area contributed by atoms with Crippen LogP contribution < -0.4 is 0 Å². The molecule has 0 radical (unpaired) electrons. The van der Waals surface area contributed by atoms with Crippen molar-refractivity contribution in [3.05, 3.63) is 29.8 Å². The van der Waals surface area contributed by atoms with Gasteiger partial charge in [0.25, 0.3) is 0 Å². The van der Waals surface area contributed by atoms with Crippen molar-refractivity contribution in [2.24, 2.45) is 0 Å². The second-order valence-corrected chi connectivity index (χ2v) is 6.98. The van der Waals surface area contributed by atoms with E-state index >= 15 is 0 Å². The maximum absolute atomic E-state index is 12.6. The van der Waals surface area contributed by atoms with Gasteiger partial charge in [-0.15, -0.1) is 0 Å². The quantitative estimate of drug-likeness (QED) is 0.808. The van der Waals surface area contributed by atoms with Gasteiger partial charge in [0.2, 0.25) is 10.0 Å². The van der Waals surface area contributed by atoms with Crippen LogP contribution in [0.4, 0.5) is 0 Å². The number of carbonyl (C=O) groups excluding carboxylic acids is 1. The molecule has 1 aromatic carbocycles. The molecule has 0 bridgehead atoms. The summed E-state index contributed by atoms with van der Waals surface area (Å²) in [6.45, 7) is 5.56. The number of hydrogen-bond donors (Lipinski definition) is 1. The summed E-state index contributed by atoms with van der Waals surface area (Å²) in [5.74, 6) is -1.50. The summed E-state index contributed by atoms with van der Waals surface area (Å²) in [6.07, 6.45) is 0. The summed E-state index contributed by atoms with van der Waals surface area (Å²) in [6, 6.07) is 5.59. The van der Waals surface area contributed by atoms with Crippen molar-refractivity contribution in [3.8, 4) is 0 Å². The second-order valence-electron chi connectivity index (χ2n) is 5.12. The summed E-state index contributed by atoms with van der Waals surface area (Å²) < 4.78 is 26.2. The van der Waals surface area contributed by atoms with Crippen LogP contribution in [0.3, 0.4) is 0 Å². The molecule has 1 N–H and O–H groups in total. The molecule has 1 rings (SSSR count). The van der Waals surface area contributed by atoms with Crippen LogP contribution in [0, 0.1) is 0 Å². The van der Waals surface area contributed by atoms with E-state index < -0.39 is 21.5 Å². The molecule has 0 saturated carbocycles. The largest absolute Gasteiger partial charge is 0.480 e. The van der Waals surface area contributed by atoms with Crippen LogP contribution >= 0.6 is 0 Å². The Morgan fingerprint density at radius 1 is 1.29 bits per heavy atom. The molecule has 7 heteroatoms. The number of rotatable bonds is 6. The first-order valence-electron chi connectivity index (χ1n) is 6.42. The predicted molar refractivity (Wildman–Crippen MR) is 77.7 cm³/mol. The van der Waals surface area contributed by atoms with Crippen molar-refractivity contribution < 1.29 is 23.1 Å². The highest BCUT2D eigenvalue weighted by molar-refractivity contribution is 7.89. The maximum atomic E-state index is 12.6. The number of aliphatic carboxylic acids is 1. The SMILES string of the molecule is CCN(C(C)(C)C(=O)O)S(=O)(=O)c1cccc(C(C)=O)c1. The molecule has 0 amide bonds. The number of nitrogens with zero attached hydrogens (tertiary/aromatic N) is 1. The topological polar surface area (TPSA) is 91.8 Å². The number of carboxylic acid groups (broad SMARTS) is 1. The van der Waals surface area contributed by atoms with Crippen LogP contribution in [0.15, 0.2) is 29.2 Å². The average molecular weight is 313 g/mol. The molecule has 1 aromatic rings. The highest BCUT2D eigenvalue weighted by Gasteiger charge is 2.41. The zero-order valence-electron chi connectivity index (χ0n) is 12.5. The third-order valence-electron chi connectivity index (χ3n) is 3.26. The molecule has 0 aliphatic heterocycles. The van der Waals surface area contributed by atoms with Crippen molar-refractivity contribution in [1.82, 2.24) is 4.31 Å². The van der Waals surface area contributed by atoms with Gasteiger partial charge in [0.05, 0.1) is 4.90 Å². The van der Waals surface area contributed by atoms with E-state index in [0.29, 0.717) is 0 Å². The minimum atomic E-state index is -4.01. The third-order valence-corrected chi connectivity index (χ3v) is 5.41. The van der Waals surface area contributed by atoms with E-state index in [9.17, 15) is 23.1 Å². The number of ketones is 1. The van der Waals surface area contributed by atoms with Crippen molar-refractivity contribution >= 4 is 21.8 Å². The number of hydrogen-bond acceptors (Lipinski definition) is 4. The molecule has 116 valence electrons. The Hall–Kier alpha value is -1.73. The average Bonchev–Trinajstić information content (AvgIpc) is 2.38. The number of benzene rings is 1. The highest BCUT2D eigenvalue weighted by Crippen LogP contribution is 2.25. The number of likely N-dealkylation sites (N-methyl/N-ethyl adjacent to an activating group) is 1. The third kappa shape index (κ3) is 3.30. The van der Waals surface area contributed by atoms with E-state index in [2.05, 4.69) is 0 Å². The van der Waals surface area contributed by atoms with E-state index in [1.54, 1.807) is 6.92 Å². The molecule has 0 heterocycles. The zero-order valence-corrected chi connectivity index (χ0v) is 13.3. The van der Waals surface area contributed by atoms with Gasteiger partial charge < -0.3 is 5.11 Å². The Balaban J connectivity index is 3.42. The molecular formula is C14H19NO5S. The minimum Gasteiger partial charge on any atom is -0.480 e. The molecule has 0 aliphatic rings. The lowest BCUT2D eigenvalue weighted by Crippen LogP contribution is -2.52. The van der Waals surface area contributed by atoms with Gasteiger partial charge in [0.15, 0.2) is 5.78 Å². The lowest BCUT2D eigenvalue weighted by atomic mass is 10.1. The van der Waals surface area contributed by atoms with Gasteiger partial charge in [-0.25, -0.2) is 8.42 Å². The van der Waals surface area contributed by atoms with Crippen LogP contribution in [-0.2, 0) is 14.8 Å². The molecule has 0 aliphatic carbocycles. The number of Topliss-reactive ketones (excluding diaryl/α,β-unsaturated/α-hetero) is 1. The van der Waals surface area contributed by atoms with E-state index in [0.717, 1.165) is 4.31 Å². The number of carbonyl (C=O) groups is 2. The van der Waals surface area contributed by atoms with E-state index in [1.807, 2.05) is 0 Å². The molecule has 0 fully saturated rings. The van der Waals surface area contributed by atoms with Crippen LogP contribution in [0.1, 0.15) is 38.1 Å². The van der Waals surface area contributed by atoms with Crippen LogP contribution in [0.5, 0.6) is 0 Å². The molecule has 0 aromatic heterocycles. The highest BCUT2D eigenvalue weighted by atomic mass is 32.2. The summed E-state index contributed by atoms with van der Waals surface area (Å²) >= 11 is 0. The van der Waals surface area contributed by atoms with Crippen LogP contribution in [0.2, 0.25) is 0 Å². The fourth-order valence-electron chi connectivity index (χ4n) is 1.98. The fourth-order valence-corrected chi connectivity index (χ4v) is 3.77. The van der Waals surface area contributed by atoms with Gasteiger partial charge >= 0.3 is 5.97 Å². The minimum absolute atomic E-state index is 0.00589. The lowest BCUT2D eigenvalue weighted by Gasteiger charge is -2.33. The van der Waals surface area contributed by atoms with Gasteiger partial charge in [-0.1, -0.05) is 19.1 Å². The normalized spacial score (nSPS) is 12.4. The Labute approximate surface area is 124 Å². The number of carboxylic acids is 1. The van der Waals surface area contributed by atoms with Crippen molar-refractivity contribution in [3.63, 3.8) is 0 Å². The first kappa shape index (κ1) is 17.3. The summed E-state index contributed by atoms with van der Waals surface area (Å²) in [7, 11) is -4.01. The van der Waals surface area contributed by atoms with Gasteiger partial charge in [-0.05, 0) is 32.9 Å². The van der Waals surface area contributed by atoms with Gasteiger partial charge in [-0.3, -0.25) is 9.59 Å². The molecule has 21 heavy (non-hydrogen) atoms. The van der Waals surface area contributed by atoms with Gasteiger partial charge in [0, 0.05) is 12.1 Å². The first-order chi connectivity index (χ1) is 9.55. The van der Waals surface area contributed by atoms with Gasteiger partial charge in [0.1, 0.15) is 5.54 Å². The molecule has 0 unspecified atom stereocenters. The van der Waals surface area contributed by atoms with Crippen LogP contribution in [-0.4, -0.2) is 41.7 Å². The summed E-state index contributed by atoms with van der Waals surface area (Å²) in [4.78, 5) is 22.6. The maximum Gasteiger partial charge on any atom is 0.324 e. The fraction of sp³-hybridized carbons (Fsp3) is 0.429. The molecule has 0 saturated heterocycles. The summed E-state index contributed by atoms with van der Waals surface area (Å²) in [5, 5.41) is 9.24. The first-order valence-corrected chi connectivity index (χ1v) is 7.86. The van der Waals surface area contributed by atoms with Crippen LogP contribution in [0.25, 0.3) is 0 Å². The number of sulfonamides is 1. The Kier molecular flexibility index (Phi) is 4.91. The molecule has 0 spiro atoms. The lowest BCUT2D eigenvalue weighted by molar-refractivity contribution is -0.146. The zero-order chi connectivity index (χ0) is 16.4. The van der Waals surface area contributed by atoms with Crippen molar-refractivity contribution in [2.75, 3.05) is 6.54 Å². The Bertz CT molecular complexity index is 664. The smallest absolute Gasteiger partial charge is 0.324 e. The van der Waals surface area contributed by atoms with E-state index in [4.69, 9.17) is 0 Å².